The van der Waals surface area contributed by atoms with Crippen molar-refractivity contribution in [3.63, 3.8) is 0 Å². The van der Waals surface area contributed by atoms with E-state index in [1.54, 1.807) is 0 Å². The number of likely N-dealkylation sites (tertiary alicyclic amines) is 1. The molecule has 2 amide bonds. The van der Waals surface area contributed by atoms with Gasteiger partial charge >= 0.3 is 6.03 Å². The van der Waals surface area contributed by atoms with Crippen molar-refractivity contribution in [1.29, 1.82) is 0 Å². The molecule has 3 rings (SSSR count). The minimum atomic E-state index is 0.175. The van der Waals surface area contributed by atoms with Gasteiger partial charge in [0.15, 0.2) is 0 Å². The van der Waals surface area contributed by atoms with Gasteiger partial charge in [0.05, 0.1) is 0 Å². The van der Waals surface area contributed by atoms with E-state index in [0.29, 0.717) is 17.9 Å². The zero-order chi connectivity index (χ0) is 10.3. The van der Waals surface area contributed by atoms with E-state index >= 15 is 0 Å². The molecular formula is C11H19N3O. The van der Waals surface area contributed by atoms with Crippen LogP contribution in [0.4, 0.5) is 4.79 Å². The number of nitrogens with one attached hydrogen (secondary N) is 2. The zero-order valence-corrected chi connectivity index (χ0v) is 9.04. The van der Waals surface area contributed by atoms with Crippen LogP contribution in [0, 0.1) is 11.8 Å². The van der Waals surface area contributed by atoms with Crippen LogP contribution in [0.15, 0.2) is 0 Å². The highest BCUT2D eigenvalue weighted by atomic mass is 16.2. The van der Waals surface area contributed by atoms with Gasteiger partial charge in [-0.15, -0.1) is 0 Å². The highest BCUT2D eigenvalue weighted by Gasteiger charge is 2.38. The number of amides is 2. The molecule has 0 aromatic heterocycles. The molecule has 0 aromatic rings. The second-order valence-electron chi connectivity index (χ2n) is 5.16. The first-order valence-electron chi connectivity index (χ1n) is 6.09. The van der Waals surface area contributed by atoms with Crippen molar-refractivity contribution in [2.24, 2.45) is 11.8 Å². The lowest BCUT2D eigenvalue weighted by atomic mass is 9.93. The second-order valence-corrected chi connectivity index (χ2v) is 5.16. The third-order valence-corrected chi connectivity index (χ3v) is 4.11. The van der Waals surface area contributed by atoms with E-state index < -0.39 is 0 Å². The summed E-state index contributed by atoms with van der Waals surface area (Å²) in [6.45, 7) is 4.10. The topological polar surface area (TPSA) is 44.4 Å². The molecule has 0 aromatic carbocycles. The van der Waals surface area contributed by atoms with Crippen LogP contribution in [0.1, 0.15) is 19.3 Å². The van der Waals surface area contributed by atoms with Crippen molar-refractivity contribution in [3.8, 4) is 0 Å². The third kappa shape index (κ3) is 1.71. The molecule has 2 N–H and O–H groups in total. The smallest absolute Gasteiger partial charge is 0.317 e. The van der Waals surface area contributed by atoms with Gasteiger partial charge in [0.1, 0.15) is 0 Å². The summed E-state index contributed by atoms with van der Waals surface area (Å²) in [7, 11) is 0. The normalized spacial score (nSPS) is 35.1. The van der Waals surface area contributed by atoms with Crippen molar-refractivity contribution >= 4 is 6.03 Å². The van der Waals surface area contributed by atoms with Crippen LogP contribution in [0.2, 0.25) is 0 Å². The van der Waals surface area contributed by atoms with Crippen molar-refractivity contribution in [1.82, 2.24) is 15.5 Å². The summed E-state index contributed by atoms with van der Waals surface area (Å²) < 4.78 is 0. The Hall–Kier alpha value is -0.770. The minimum absolute atomic E-state index is 0.175. The fraction of sp³-hybridized carbons (Fsp3) is 0.909. The monoisotopic (exact) mass is 209 g/mol. The summed E-state index contributed by atoms with van der Waals surface area (Å²) >= 11 is 0. The summed E-state index contributed by atoms with van der Waals surface area (Å²) in [4.78, 5) is 13.9. The first-order chi connectivity index (χ1) is 7.33. The van der Waals surface area contributed by atoms with Crippen molar-refractivity contribution in [3.05, 3.63) is 0 Å². The maximum atomic E-state index is 11.9. The average Bonchev–Trinajstić information content (AvgIpc) is 2.69. The summed E-state index contributed by atoms with van der Waals surface area (Å²) in [6, 6.07) is 0.644. The molecule has 0 bridgehead atoms. The molecule has 3 aliphatic rings. The van der Waals surface area contributed by atoms with Crippen molar-refractivity contribution in [2.75, 3.05) is 26.2 Å². The molecule has 2 heterocycles. The van der Waals surface area contributed by atoms with E-state index in [1.165, 1.54) is 19.3 Å². The second kappa shape index (κ2) is 3.67. The maximum Gasteiger partial charge on any atom is 0.317 e. The number of fused-ring (bicyclic) bond motifs is 1. The Morgan fingerprint density at radius 1 is 1.20 bits per heavy atom. The lowest BCUT2D eigenvalue weighted by molar-refractivity contribution is 0.193. The van der Waals surface area contributed by atoms with Crippen LogP contribution in [-0.2, 0) is 0 Å². The lowest BCUT2D eigenvalue weighted by Gasteiger charge is -2.29. The number of urea groups is 1. The number of hydrogen-bond donors (Lipinski definition) is 2. The largest absolute Gasteiger partial charge is 0.335 e. The van der Waals surface area contributed by atoms with E-state index in [4.69, 9.17) is 0 Å². The van der Waals surface area contributed by atoms with Gasteiger partial charge in [0, 0.05) is 32.2 Å². The summed E-state index contributed by atoms with van der Waals surface area (Å²) in [5, 5.41) is 6.50. The van der Waals surface area contributed by atoms with E-state index in [9.17, 15) is 4.79 Å². The van der Waals surface area contributed by atoms with Crippen LogP contribution < -0.4 is 10.6 Å². The van der Waals surface area contributed by atoms with Crippen LogP contribution in [0.3, 0.4) is 0 Å². The quantitative estimate of drug-likeness (QED) is 0.656. The third-order valence-electron chi connectivity index (χ3n) is 4.11. The molecule has 2 atom stereocenters. The van der Waals surface area contributed by atoms with E-state index in [0.717, 1.165) is 26.2 Å². The summed E-state index contributed by atoms with van der Waals surface area (Å²) in [6.07, 6.45) is 3.63. The Bertz CT molecular complexity index is 253. The Labute approximate surface area is 90.4 Å². The predicted molar refractivity (Wildman–Crippen MR) is 57.6 cm³/mol. The van der Waals surface area contributed by atoms with Crippen molar-refractivity contribution < 1.29 is 4.79 Å². The highest BCUT2D eigenvalue weighted by molar-refractivity contribution is 5.75. The fourth-order valence-electron chi connectivity index (χ4n) is 2.84. The fourth-order valence-corrected chi connectivity index (χ4v) is 2.84. The first kappa shape index (κ1) is 9.46. The highest BCUT2D eigenvalue weighted by Crippen LogP contribution is 2.26. The Balaban J connectivity index is 1.52. The summed E-state index contributed by atoms with van der Waals surface area (Å²) in [5.41, 5.74) is 0. The molecule has 0 spiro atoms. The number of hydrogen-bond acceptors (Lipinski definition) is 2. The Morgan fingerprint density at radius 2 is 1.87 bits per heavy atom. The van der Waals surface area contributed by atoms with E-state index in [-0.39, 0.29) is 6.03 Å². The molecule has 0 unspecified atom stereocenters. The van der Waals surface area contributed by atoms with E-state index in [1.807, 2.05) is 4.90 Å². The number of carbonyl (C=O) groups excluding carboxylic acids is 1. The molecule has 84 valence electrons. The molecule has 2 aliphatic heterocycles. The van der Waals surface area contributed by atoms with E-state index in [2.05, 4.69) is 10.6 Å². The van der Waals surface area contributed by atoms with Crippen LogP contribution in [0.5, 0.6) is 0 Å². The van der Waals surface area contributed by atoms with Gasteiger partial charge in [-0.2, -0.15) is 0 Å². The molecular weight excluding hydrogens is 190 g/mol. The van der Waals surface area contributed by atoms with Crippen LogP contribution >= 0.6 is 0 Å². The van der Waals surface area contributed by atoms with Gasteiger partial charge in [-0.3, -0.25) is 0 Å². The molecule has 4 heteroatoms. The number of rotatable bonds is 1. The standard InChI is InChI=1S/C11H19N3O/c15-11(13-10-2-1-3-10)14-6-8-4-12-5-9(8)7-14/h8-10,12H,1-7H2,(H,13,15)/t8-,9+. The van der Waals surface area contributed by atoms with Gasteiger partial charge in [0.2, 0.25) is 0 Å². The molecule has 2 saturated heterocycles. The van der Waals surface area contributed by atoms with Crippen LogP contribution in [0.25, 0.3) is 0 Å². The predicted octanol–water partition coefficient (Wildman–Crippen LogP) is 0.400. The van der Waals surface area contributed by atoms with Crippen LogP contribution in [-0.4, -0.2) is 43.2 Å². The average molecular weight is 209 g/mol. The molecule has 3 fully saturated rings. The number of carbonyl (C=O) groups is 1. The maximum absolute atomic E-state index is 11.9. The molecule has 4 nitrogen and oxygen atoms in total. The molecule has 15 heavy (non-hydrogen) atoms. The van der Waals surface area contributed by atoms with Crippen molar-refractivity contribution in [2.45, 2.75) is 25.3 Å². The Kier molecular flexibility index (Phi) is 2.31. The SMILES string of the molecule is O=C(NC1CCC1)N1C[C@H]2CNC[C@H]2C1. The number of nitrogens with zero attached hydrogens (tertiary/aromatic N) is 1. The Morgan fingerprint density at radius 3 is 2.40 bits per heavy atom. The molecule has 1 saturated carbocycles. The van der Waals surface area contributed by atoms with Gasteiger partial charge in [-0.1, -0.05) is 0 Å². The molecule has 0 radical (unpaired) electrons. The summed E-state index contributed by atoms with van der Waals surface area (Å²) in [5.74, 6) is 1.41. The lowest BCUT2D eigenvalue weighted by Crippen LogP contribution is -2.47. The van der Waals surface area contributed by atoms with Gasteiger partial charge in [0.25, 0.3) is 0 Å². The van der Waals surface area contributed by atoms with Gasteiger partial charge < -0.3 is 15.5 Å². The van der Waals surface area contributed by atoms with Gasteiger partial charge in [-0.05, 0) is 31.1 Å². The first-order valence-corrected chi connectivity index (χ1v) is 6.09. The zero-order valence-electron chi connectivity index (χ0n) is 9.04. The van der Waals surface area contributed by atoms with Gasteiger partial charge in [-0.25, -0.2) is 4.79 Å². The molecule has 1 aliphatic carbocycles. The minimum Gasteiger partial charge on any atom is -0.335 e.